The third-order valence-electron chi connectivity index (χ3n) is 4.63. The van der Waals surface area contributed by atoms with E-state index in [4.69, 9.17) is 10.5 Å². The van der Waals surface area contributed by atoms with Crippen molar-refractivity contribution in [3.05, 3.63) is 38.3 Å². The zero-order chi connectivity index (χ0) is 14.3. The smallest absolute Gasteiger partial charge is 0.283 e. The highest BCUT2D eigenvalue weighted by Crippen LogP contribution is 2.49. The van der Waals surface area contributed by atoms with Gasteiger partial charge in [0.25, 0.3) is 5.69 Å². The van der Waals surface area contributed by atoms with Gasteiger partial charge in [-0.1, -0.05) is 12.1 Å². The summed E-state index contributed by atoms with van der Waals surface area (Å²) in [7, 11) is 0. The molecule has 2 fully saturated rings. The Bertz CT molecular complexity index is 551. The van der Waals surface area contributed by atoms with Crippen LogP contribution >= 0.6 is 15.9 Å². The van der Waals surface area contributed by atoms with E-state index in [2.05, 4.69) is 15.9 Å². The minimum atomic E-state index is -0.361. The lowest BCUT2D eigenvalue weighted by atomic mass is 9.70. The van der Waals surface area contributed by atoms with Gasteiger partial charge in [-0.15, -0.1) is 0 Å². The van der Waals surface area contributed by atoms with Gasteiger partial charge < -0.3 is 10.5 Å². The lowest BCUT2D eigenvalue weighted by molar-refractivity contribution is -0.385. The molecule has 2 saturated heterocycles. The molecule has 20 heavy (non-hydrogen) atoms. The van der Waals surface area contributed by atoms with E-state index in [1.54, 1.807) is 6.07 Å². The van der Waals surface area contributed by atoms with E-state index in [9.17, 15) is 10.1 Å². The molecule has 0 spiro atoms. The molecule has 3 atom stereocenters. The van der Waals surface area contributed by atoms with Crippen LogP contribution < -0.4 is 5.73 Å². The number of hydrogen-bond donors (Lipinski definition) is 1. The van der Waals surface area contributed by atoms with Gasteiger partial charge in [0.1, 0.15) is 0 Å². The lowest BCUT2D eigenvalue weighted by Gasteiger charge is -2.34. The summed E-state index contributed by atoms with van der Waals surface area (Å²) in [6.07, 6.45) is 4.37. The van der Waals surface area contributed by atoms with E-state index in [-0.39, 0.29) is 22.1 Å². The van der Waals surface area contributed by atoms with Crippen molar-refractivity contribution in [3.8, 4) is 0 Å². The zero-order valence-electron chi connectivity index (χ0n) is 11.0. The van der Waals surface area contributed by atoms with Crippen LogP contribution in [0.3, 0.4) is 0 Å². The molecule has 0 radical (unpaired) electrons. The van der Waals surface area contributed by atoms with Gasteiger partial charge in [-0.05, 0) is 47.2 Å². The Kier molecular flexibility index (Phi) is 3.56. The van der Waals surface area contributed by atoms with E-state index in [0.717, 1.165) is 31.2 Å². The molecule has 5 nitrogen and oxygen atoms in total. The number of nitrogens with two attached hydrogens (primary N) is 1. The fourth-order valence-electron chi connectivity index (χ4n) is 3.59. The second-order valence-corrected chi connectivity index (χ2v) is 6.57. The SMILES string of the molecule is NCC1(Cc2cccc([N+](=O)[O-])c2Br)CC2CCC1O2. The molecule has 0 amide bonds. The average Bonchev–Trinajstić information content (AvgIpc) is 3.01. The molecule has 3 unspecified atom stereocenters. The minimum absolute atomic E-state index is 0.0688. The summed E-state index contributed by atoms with van der Waals surface area (Å²) >= 11 is 3.37. The first-order valence-electron chi connectivity index (χ1n) is 6.83. The third kappa shape index (κ3) is 2.16. The van der Waals surface area contributed by atoms with E-state index in [0.29, 0.717) is 17.1 Å². The molecule has 3 rings (SSSR count). The van der Waals surface area contributed by atoms with Gasteiger partial charge in [-0.2, -0.15) is 0 Å². The van der Waals surface area contributed by atoms with Crippen molar-refractivity contribution < 1.29 is 9.66 Å². The van der Waals surface area contributed by atoms with Crippen LogP contribution in [0.2, 0.25) is 0 Å². The van der Waals surface area contributed by atoms with Crippen molar-refractivity contribution >= 4 is 21.6 Å². The first-order valence-corrected chi connectivity index (χ1v) is 7.62. The second-order valence-electron chi connectivity index (χ2n) is 5.78. The standard InChI is InChI=1S/C14H17BrN2O3/c15-13-9(2-1-3-11(13)17(18)19)6-14(8-16)7-10-4-5-12(14)20-10/h1-3,10,12H,4-8,16H2. The molecule has 2 N–H and O–H groups in total. The monoisotopic (exact) mass is 340 g/mol. The lowest BCUT2D eigenvalue weighted by Crippen LogP contribution is -2.41. The quantitative estimate of drug-likeness (QED) is 0.675. The second kappa shape index (κ2) is 5.09. The van der Waals surface area contributed by atoms with Gasteiger partial charge in [0.05, 0.1) is 21.6 Å². The Balaban J connectivity index is 1.91. The Labute approximate surface area is 125 Å². The van der Waals surface area contributed by atoms with Crippen LogP contribution in [0.4, 0.5) is 5.69 Å². The van der Waals surface area contributed by atoms with Crippen LogP contribution in [0.25, 0.3) is 0 Å². The summed E-state index contributed by atoms with van der Waals surface area (Å²) < 4.78 is 6.51. The first-order chi connectivity index (χ1) is 9.55. The normalized spacial score (nSPS) is 31.7. The molecule has 1 aromatic rings. The topological polar surface area (TPSA) is 78.4 Å². The molecule has 2 aliphatic rings. The van der Waals surface area contributed by atoms with Crippen molar-refractivity contribution in [3.63, 3.8) is 0 Å². The van der Waals surface area contributed by atoms with Gasteiger partial charge >= 0.3 is 0 Å². The number of benzene rings is 1. The number of rotatable bonds is 4. The molecule has 6 heteroatoms. The van der Waals surface area contributed by atoms with Gasteiger partial charge in [0.15, 0.2) is 0 Å². The molecule has 2 aliphatic heterocycles. The number of halogens is 1. The zero-order valence-corrected chi connectivity index (χ0v) is 12.6. The first kappa shape index (κ1) is 14.0. The number of ether oxygens (including phenoxy) is 1. The molecular formula is C14H17BrN2O3. The predicted molar refractivity (Wildman–Crippen MR) is 78.5 cm³/mol. The van der Waals surface area contributed by atoms with Crippen LogP contribution in [-0.2, 0) is 11.2 Å². The van der Waals surface area contributed by atoms with Crippen molar-refractivity contribution in [1.29, 1.82) is 0 Å². The highest BCUT2D eigenvalue weighted by atomic mass is 79.9. The van der Waals surface area contributed by atoms with Gasteiger partial charge in [0, 0.05) is 18.0 Å². The molecule has 2 heterocycles. The van der Waals surface area contributed by atoms with E-state index in [1.165, 1.54) is 6.07 Å². The van der Waals surface area contributed by atoms with E-state index in [1.807, 2.05) is 6.07 Å². The molecule has 0 saturated carbocycles. The van der Waals surface area contributed by atoms with Crippen LogP contribution in [0.15, 0.2) is 22.7 Å². The molecule has 0 aliphatic carbocycles. The summed E-state index contributed by atoms with van der Waals surface area (Å²) in [5.41, 5.74) is 7.01. The van der Waals surface area contributed by atoms with Crippen molar-refractivity contribution in [2.24, 2.45) is 11.1 Å². The molecule has 2 bridgehead atoms. The van der Waals surface area contributed by atoms with Crippen LogP contribution in [0.1, 0.15) is 24.8 Å². The largest absolute Gasteiger partial charge is 0.374 e. The number of hydrogen-bond acceptors (Lipinski definition) is 4. The molecular weight excluding hydrogens is 324 g/mol. The van der Waals surface area contributed by atoms with E-state index >= 15 is 0 Å². The predicted octanol–water partition coefficient (Wildman–Crippen LogP) is 2.80. The summed E-state index contributed by atoms with van der Waals surface area (Å²) in [6.45, 7) is 0.559. The van der Waals surface area contributed by atoms with Crippen molar-refractivity contribution in [1.82, 2.24) is 0 Å². The Morgan fingerprint density at radius 1 is 1.50 bits per heavy atom. The Morgan fingerprint density at radius 2 is 2.30 bits per heavy atom. The number of nitrogens with zero attached hydrogens (tertiary/aromatic N) is 1. The van der Waals surface area contributed by atoms with Crippen LogP contribution in [0.5, 0.6) is 0 Å². The molecule has 1 aromatic carbocycles. The van der Waals surface area contributed by atoms with Crippen molar-refractivity contribution in [2.45, 2.75) is 37.9 Å². The van der Waals surface area contributed by atoms with Gasteiger partial charge in [0.2, 0.25) is 0 Å². The highest BCUT2D eigenvalue weighted by molar-refractivity contribution is 9.10. The number of nitro benzene ring substituents is 1. The van der Waals surface area contributed by atoms with E-state index < -0.39 is 0 Å². The fourth-order valence-corrected chi connectivity index (χ4v) is 4.14. The van der Waals surface area contributed by atoms with Gasteiger partial charge in [-0.3, -0.25) is 10.1 Å². The van der Waals surface area contributed by atoms with Crippen molar-refractivity contribution in [2.75, 3.05) is 6.54 Å². The van der Waals surface area contributed by atoms with Crippen LogP contribution in [0, 0.1) is 15.5 Å². The fraction of sp³-hybridized carbons (Fsp3) is 0.571. The van der Waals surface area contributed by atoms with Gasteiger partial charge in [-0.25, -0.2) is 0 Å². The maximum atomic E-state index is 11.0. The Morgan fingerprint density at radius 3 is 2.85 bits per heavy atom. The third-order valence-corrected chi connectivity index (χ3v) is 5.54. The maximum absolute atomic E-state index is 11.0. The van der Waals surface area contributed by atoms with Crippen LogP contribution in [-0.4, -0.2) is 23.7 Å². The summed E-state index contributed by atoms with van der Waals surface area (Å²) in [6, 6.07) is 5.18. The summed E-state index contributed by atoms with van der Waals surface area (Å²) in [5, 5.41) is 11.0. The maximum Gasteiger partial charge on any atom is 0.283 e. The molecule has 0 aromatic heterocycles. The average molecular weight is 341 g/mol. The Hall–Kier alpha value is -0.980. The molecule has 108 valence electrons. The number of nitro groups is 1. The highest BCUT2D eigenvalue weighted by Gasteiger charge is 2.51. The minimum Gasteiger partial charge on any atom is -0.374 e. The number of fused-ring (bicyclic) bond motifs is 2. The summed E-state index contributed by atoms with van der Waals surface area (Å²) in [4.78, 5) is 10.7. The summed E-state index contributed by atoms with van der Waals surface area (Å²) in [5.74, 6) is 0.